The highest BCUT2D eigenvalue weighted by Gasteiger charge is 2.13. The molecule has 0 saturated heterocycles. The van der Waals surface area contributed by atoms with Crippen LogP contribution in [0.4, 0.5) is 4.79 Å². The molecular weight excluding hydrogens is 340 g/mol. The normalized spacial score (nSPS) is 12.3. The van der Waals surface area contributed by atoms with Gasteiger partial charge < -0.3 is 19.6 Å². The number of nitrogens with one attached hydrogen (secondary N) is 2. The Hall–Kier alpha value is -3.28. The van der Waals surface area contributed by atoms with Crippen molar-refractivity contribution in [2.45, 2.75) is 25.9 Å². The first-order valence-electron chi connectivity index (χ1n) is 9.13. The highest BCUT2D eigenvalue weighted by molar-refractivity contribution is 5.78. The van der Waals surface area contributed by atoms with Gasteiger partial charge in [-0.15, -0.1) is 0 Å². The van der Waals surface area contributed by atoms with Crippen molar-refractivity contribution in [2.24, 2.45) is 0 Å². The number of carbonyl (C=O) groups excluding carboxylic acids is 1. The van der Waals surface area contributed by atoms with E-state index in [0.29, 0.717) is 6.54 Å². The molecule has 0 spiro atoms. The molecule has 1 unspecified atom stereocenters. The van der Waals surface area contributed by atoms with Crippen LogP contribution in [0.15, 0.2) is 65.3 Å². The third-order valence-corrected chi connectivity index (χ3v) is 4.61. The van der Waals surface area contributed by atoms with Crippen LogP contribution in [0.5, 0.6) is 0 Å². The van der Waals surface area contributed by atoms with Gasteiger partial charge >= 0.3 is 6.03 Å². The average molecular weight is 362 g/mol. The number of fused-ring (bicyclic) bond motifs is 2. The van der Waals surface area contributed by atoms with Gasteiger partial charge in [-0.05, 0) is 37.6 Å². The van der Waals surface area contributed by atoms with Gasteiger partial charge in [0.15, 0.2) is 0 Å². The van der Waals surface area contributed by atoms with Crippen molar-refractivity contribution < 1.29 is 9.21 Å². The summed E-state index contributed by atoms with van der Waals surface area (Å²) in [6.45, 7) is 3.31. The van der Waals surface area contributed by atoms with Crippen molar-refractivity contribution in [3.05, 3.63) is 66.7 Å². The summed E-state index contributed by atoms with van der Waals surface area (Å²) < 4.78 is 7.90. The van der Waals surface area contributed by atoms with E-state index in [1.54, 1.807) is 0 Å². The van der Waals surface area contributed by atoms with E-state index < -0.39 is 0 Å². The van der Waals surface area contributed by atoms with E-state index in [1.807, 2.05) is 61.8 Å². The minimum absolute atomic E-state index is 0.196. The van der Waals surface area contributed by atoms with Crippen molar-refractivity contribution in [1.29, 1.82) is 0 Å². The number of hydrogen-bond donors (Lipinski definition) is 2. The van der Waals surface area contributed by atoms with Gasteiger partial charge in [-0.1, -0.05) is 30.3 Å². The molecule has 0 fully saturated rings. The molecule has 0 aliphatic carbocycles. The molecular formula is C21H22N4O2. The van der Waals surface area contributed by atoms with E-state index in [4.69, 9.17) is 4.42 Å². The fraction of sp³-hybridized carbons (Fsp3) is 0.238. The van der Waals surface area contributed by atoms with E-state index in [2.05, 4.69) is 26.3 Å². The van der Waals surface area contributed by atoms with Crippen LogP contribution in [-0.4, -0.2) is 22.1 Å². The average Bonchev–Trinajstić information content (AvgIpc) is 3.29. The van der Waals surface area contributed by atoms with E-state index in [0.717, 1.165) is 40.7 Å². The minimum Gasteiger partial charge on any atom is -0.459 e. The molecule has 4 rings (SSSR count). The lowest BCUT2D eigenvalue weighted by atomic mass is 10.2. The molecule has 2 heterocycles. The molecule has 6 nitrogen and oxygen atoms in total. The summed E-state index contributed by atoms with van der Waals surface area (Å²) in [5.41, 5.74) is 2.93. The molecule has 27 heavy (non-hydrogen) atoms. The molecule has 138 valence electrons. The Morgan fingerprint density at radius 1 is 1.19 bits per heavy atom. The SMILES string of the molecule is CC(NC(=O)NCCCn1cnc2ccccc21)c1cc2ccccc2o1. The van der Waals surface area contributed by atoms with Crippen molar-refractivity contribution in [2.75, 3.05) is 6.54 Å². The summed E-state index contributed by atoms with van der Waals surface area (Å²) in [5.74, 6) is 0.747. The van der Waals surface area contributed by atoms with Gasteiger partial charge in [-0.2, -0.15) is 0 Å². The molecule has 0 radical (unpaired) electrons. The van der Waals surface area contributed by atoms with Gasteiger partial charge in [0.2, 0.25) is 0 Å². The largest absolute Gasteiger partial charge is 0.459 e. The number of imidazole rings is 1. The predicted molar refractivity (Wildman–Crippen MR) is 106 cm³/mol. The molecule has 2 amide bonds. The zero-order valence-corrected chi connectivity index (χ0v) is 15.2. The van der Waals surface area contributed by atoms with E-state index >= 15 is 0 Å². The second-order valence-electron chi connectivity index (χ2n) is 6.59. The van der Waals surface area contributed by atoms with Gasteiger partial charge in [0, 0.05) is 18.5 Å². The number of urea groups is 1. The fourth-order valence-electron chi connectivity index (χ4n) is 3.17. The Bertz CT molecular complexity index is 1030. The van der Waals surface area contributed by atoms with E-state index in [-0.39, 0.29) is 12.1 Å². The Morgan fingerprint density at radius 3 is 2.89 bits per heavy atom. The van der Waals surface area contributed by atoms with Crippen LogP contribution >= 0.6 is 0 Å². The molecule has 0 aliphatic rings. The van der Waals surface area contributed by atoms with Crippen LogP contribution in [0.25, 0.3) is 22.0 Å². The molecule has 2 aromatic heterocycles. The Morgan fingerprint density at radius 2 is 2.00 bits per heavy atom. The van der Waals surface area contributed by atoms with E-state index in [1.165, 1.54) is 0 Å². The van der Waals surface area contributed by atoms with Crippen LogP contribution < -0.4 is 10.6 Å². The number of nitrogens with zero attached hydrogens (tertiary/aromatic N) is 2. The lowest BCUT2D eigenvalue weighted by Gasteiger charge is -2.12. The number of benzene rings is 2. The van der Waals surface area contributed by atoms with Crippen molar-refractivity contribution in [3.8, 4) is 0 Å². The highest BCUT2D eigenvalue weighted by atomic mass is 16.3. The predicted octanol–water partition coefficient (Wildman–Crippen LogP) is 4.23. The Balaban J connectivity index is 1.25. The molecule has 4 aromatic rings. The summed E-state index contributed by atoms with van der Waals surface area (Å²) in [5, 5.41) is 6.86. The zero-order valence-electron chi connectivity index (χ0n) is 15.2. The second kappa shape index (κ2) is 7.53. The van der Waals surface area contributed by atoms with Crippen LogP contribution in [0.3, 0.4) is 0 Å². The second-order valence-corrected chi connectivity index (χ2v) is 6.59. The van der Waals surface area contributed by atoms with Gasteiger partial charge in [-0.25, -0.2) is 9.78 Å². The maximum absolute atomic E-state index is 12.1. The topological polar surface area (TPSA) is 72.1 Å². The number of hydrogen-bond acceptors (Lipinski definition) is 3. The Kier molecular flexibility index (Phi) is 4.78. The molecule has 0 saturated carbocycles. The summed E-state index contributed by atoms with van der Waals surface area (Å²) in [7, 11) is 0. The maximum Gasteiger partial charge on any atom is 0.315 e. The first kappa shape index (κ1) is 17.1. The number of amides is 2. The summed E-state index contributed by atoms with van der Waals surface area (Å²) in [4.78, 5) is 16.5. The lowest BCUT2D eigenvalue weighted by Crippen LogP contribution is -2.37. The third kappa shape index (κ3) is 3.79. The number of carbonyl (C=O) groups is 1. The fourth-order valence-corrected chi connectivity index (χ4v) is 3.17. The number of furan rings is 1. The van der Waals surface area contributed by atoms with Gasteiger partial charge in [0.25, 0.3) is 0 Å². The number of para-hydroxylation sites is 3. The quantitative estimate of drug-likeness (QED) is 0.504. The molecule has 1 atom stereocenters. The number of aryl methyl sites for hydroxylation is 1. The van der Waals surface area contributed by atoms with Crippen LogP contribution in [0.1, 0.15) is 25.1 Å². The monoisotopic (exact) mass is 362 g/mol. The van der Waals surface area contributed by atoms with Gasteiger partial charge in [0.1, 0.15) is 11.3 Å². The van der Waals surface area contributed by atoms with Crippen LogP contribution in [0.2, 0.25) is 0 Å². The smallest absolute Gasteiger partial charge is 0.315 e. The number of rotatable bonds is 6. The van der Waals surface area contributed by atoms with Gasteiger partial charge in [0.05, 0.1) is 23.4 Å². The standard InChI is InChI=1S/C21H22N4O2/c1-15(20-13-16-7-2-5-10-19(16)27-20)24-21(26)22-11-6-12-25-14-23-17-8-3-4-9-18(17)25/h2-5,7-10,13-15H,6,11-12H2,1H3,(H2,22,24,26). The Labute approximate surface area is 157 Å². The zero-order chi connectivity index (χ0) is 18.6. The number of aromatic nitrogens is 2. The van der Waals surface area contributed by atoms with Crippen LogP contribution in [-0.2, 0) is 6.54 Å². The van der Waals surface area contributed by atoms with Crippen LogP contribution in [0, 0.1) is 0 Å². The van der Waals surface area contributed by atoms with Crippen molar-refractivity contribution in [1.82, 2.24) is 20.2 Å². The summed E-state index contributed by atoms with van der Waals surface area (Å²) in [6, 6.07) is 17.4. The van der Waals surface area contributed by atoms with E-state index in [9.17, 15) is 4.79 Å². The van der Waals surface area contributed by atoms with Crippen molar-refractivity contribution in [3.63, 3.8) is 0 Å². The van der Waals surface area contributed by atoms with Crippen molar-refractivity contribution >= 4 is 28.0 Å². The third-order valence-electron chi connectivity index (χ3n) is 4.61. The minimum atomic E-state index is -0.199. The summed E-state index contributed by atoms with van der Waals surface area (Å²) >= 11 is 0. The maximum atomic E-state index is 12.1. The first-order chi connectivity index (χ1) is 13.2. The highest BCUT2D eigenvalue weighted by Crippen LogP contribution is 2.23. The molecule has 6 heteroatoms. The van der Waals surface area contributed by atoms with Gasteiger partial charge in [-0.3, -0.25) is 0 Å². The first-order valence-corrected chi connectivity index (χ1v) is 9.13. The summed E-state index contributed by atoms with van der Waals surface area (Å²) in [6.07, 6.45) is 2.67. The lowest BCUT2D eigenvalue weighted by molar-refractivity contribution is 0.236. The molecule has 2 N–H and O–H groups in total. The molecule has 0 aliphatic heterocycles. The molecule has 0 bridgehead atoms. The molecule has 2 aromatic carbocycles.